The van der Waals surface area contributed by atoms with Crippen molar-refractivity contribution < 1.29 is 27.0 Å². The topological polar surface area (TPSA) is 113 Å². The van der Waals surface area contributed by atoms with E-state index in [1.807, 2.05) is 0 Å². The smallest absolute Gasteiger partial charge is 0.319 e. The average Bonchev–Trinajstić information content (AvgIpc) is 3.41. The Labute approximate surface area is 289 Å². The molecular formula is C36H35F4N7O2S. The van der Waals surface area contributed by atoms with E-state index >= 15 is 8.78 Å². The van der Waals surface area contributed by atoms with Gasteiger partial charge in [0.05, 0.1) is 35.5 Å². The van der Waals surface area contributed by atoms with Crippen molar-refractivity contribution in [3.63, 3.8) is 0 Å². The van der Waals surface area contributed by atoms with Crippen LogP contribution in [-0.4, -0.2) is 66.3 Å². The lowest BCUT2D eigenvalue weighted by Gasteiger charge is -2.37. The number of benzene rings is 2. The first-order chi connectivity index (χ1) is 24.2. The van der Waals surface area contributed by atoms with Gasteiger partial charge in [-0.25, -0.2) is 8.78 Å². The molecule has 0 spiro atoms. The molecule has 3 N–H and O–H groups in total. The quantitative estimate of drug-likeness (QED) is 0.205. The number of anilines is 2. The number of likely N-dealkylation sites (tertiary alicyclic amines) is 1. The zero-order valence-electron chi connectivity index (χ0n) is 27.3. The van der Waals surface area contributed by atoms with Gasteiger partial charge in [0, 0.05) is 61.2 Å². The summed E-state index contributed by atoms with van der Waals surface area (Å²) in [5.74, 6) is -0.517. The normalized spacial score (nSPS) is 22.7. The number of piperazine rings is 1. The number of thiophene rings is 1. The Bertz CT molecular complexity index is 2110. The molecule has 2 atom stereocenters. The minimum Gasteiger partial charge on any atom is -0.463 e. The van der Waals surface area contributed by atoms with Crippen LogP contribution in [0.25, 0.3) is 32.1 Å². The molecule has 4 aromatic rings. The Kier molecular flexibility index (Phi) is 7.69. The minimum absolute atomic E-state index is 0.0746. The fourth-order valence-electron chi connectivity index (χ4n) is 8.54. The van der Waals surface area contributed by atoms with Crippen LogP contribution in [0.1, 0.15) is 55.2 Å². The van der Waals surface area contributed by atoms with E-state index in [9.17, 15) is 14.0 Å². The van der Waals surface area contributed by atoms with E-state index in [0.29, 0.717) is 54.9 Å². The molecule has 2 unspecified atom stereocenters. The molecule has 5 aliphatic rings. The van der Waals surface area contributed by atoms with Crippen molar-refractivity contribution in [1.29, 1.82) is 5.26 Å². The molecule has 6 heterocycles. The van der Waals surface area contributed by atoms with Gasteiger partial charge in [-0.1, -0.05) is 6.07 Å². The molecule has 4 aliphatic heterocycles. The molecule has 0 amide bonds. The second-order valence-electron chi connectivity index (χ2n) is 14.3. The van der Waals surface area contributed by atoms with Gasteiger partial charge in [-0.2, -0.15) is 24.0 Å². The number of piperidine rings is 1. The zero-order valence-corrected chi connectivity index (χ0v) is 28.1. The molecule has 2 aromatic carbocycles. The first-order valence-corrected chi connectivity index (χ1v) is 18.0. The SMILES string of the molecule is N#Cc1c(N)sc2c(F)ccc(-c3c4c(c5c(N6C7CCC6CNC7)nc(OCC6(CN7CCC(=C(F)F)CC7)CC6)nc5c3F)COC4)c12. The van der Waals surface area contributed by atoms with Gasteiger partial charge in [0.1, 0.15) is 28.2 Å². The van der Waals surface area contributed by atoms with E-state index in [1.165, 1.54) is 12.1 Å². The lowest BCUT2D eigenvalue weighted by atomic mass is 9.90. The third-order valence-electron chi connectivity index (χ3n) is 11.3. The molecule has 2 bridgehead atoms. The summed E-state index contributed by atoms with van der Waals surface area (Å²) >= 11 is 0.970. The first-order valence-electron chi connectivity index (χ1n) is 17.2. The van der Waals surface area contributed by atoms with Crippen molar-refractivity contribution >= 4 is 43.1 Å². The van der Waals surface area contributed by atoms with Crippen LogP contribution < -0.4 is 20.7 Å². The Balaban J connectivity index is 1.16. The van der Waals surface area contributed by atoms with Crippen molar-refractivity contribution in [3.05, 3.63) is 52.1 Å². The van der Waals surface area contributed by atoms with E-state index in [1.54, 1.807) is 0 Å². The fraction of sp³-hybridized carbons (Fsp3) is 0.472. The van der Waals surface area contributed by atoms with Crippen LogP contribution in [0.15, 0.2) is 23.8 Å². The summed E-state index contributed by atoms with van der Waals surface area (Å²) in [5, 5.41) is 14.5. The Morgan fingerprint density at radius 3 is 2.52 bits per heavy atom. The molecule has 1 saturated carbocycles. The summed E-state index contributed by atoms with van der Waals surface area (Å²) in [5.41, 5.74) is 8.43. The maximum atomic E-state index is 17.4. The van der Waals surface area contributed by atoms with Crippen molar-refractivity contribution in [3.8, 4) is 23.2 Å². The van der Waals surface area contributed by atoms with Crippen LogP contribution in [0.2, 0.25) is 0 Å². The molecule has 1 aliphatic carbocycles. The standard InChI is InChI=1S/C36H35F4N7O2S/c37-25-4-3-21(27-22(11-41)33(42)50-31(25)27)26-23-14-48-15-24(23)28-30(29(26)38)44-35(45-34(28)47-19-1-2-20(47)13-43-12-19)49-17-36(7-8-36)16-46-9-5-18(6-10-46)32(39)40/h3-4,19-20,43H,1-2,5-10,12-17,42H2. The highest BCUT2D eigenvalue weighted by atomic mass is 32.1. The van der Waals surface area contributed by atoms with E-state index in [0.717, 1.165) is 62.2 Å². The van der Waals surface area contributed by atoms with Crippen molar-refractivity contribution in [1.82, 2.24) is 20.2 Å². The molecular weight excluding hydrogens is 671 g/mol. The molecule has 4 fully saturated rings. The van der Waals surface area contributed by atoms with Crippen LogP contribution in [0.3, 0.4) is 0 Å². The number of hydrogen-bond acceptors (Lipinski definition) is 10. The first kappa shape index (κ1) is 31.9. The molecule has 14 heteroatoms. The van der Waals surface area contributed by atoms with Crippen LogP contribution in [0.4, 0.5) is 28.4 Å². The third kappa shape index (κ3) is 5.12. The third-order valence-corrected chi connectivity index (χ3v) is 12.4. The number of halogens is 4. The van der Waals surface area contributed by atoms with Gasteiger partial charge in [0.2, 0.25) is 0 Å². The van der Waals surface area contributed by atoms with Gasteiger partial charge in [-0.05, 0) is 66.9 Å². The van der Waals surface area contributed by atoms with Crippen molar-refractivity contribution in [2.45, 2.75) is 63.8 Å². The van der Waals surface area contributed by atoms with Gasteiger partial charge >= 0.3 is 6.01 Å². The fourth-order valence-corrected chi connectivity index (χ4v) is 9.49. The van der Waals surface area contributed by atoms with E-state index in [-0.39, 0.29) is 74.0 Å². The lowest BCUT2D eigenvalue weighted by molar-refractivity contribution is 0.135. The predicted molar refractivity (Wildman–Crippen MR) is 182 cm³/mol. The number of nitrogens with two attached hydrogens (primary N) is 1. The number of nitrogen functional groups attached to an aromatic ring is 1. The highest BCUT2D eigenvalue weighted by Gasteiger charge is 2.46. The molecule has 3 saturated heterocycles. The summed E-state index contributed by atoms with van der Waals surface area (Å²) < 4.78 is 71.3. The Morgan fingerprint density at radius 1 is 1.08 bits per heavy atom. The van der Waals surface area contributed by atoms with E-state index in [2.05, 4.69) is 21.2 Å². The van der Waals surface area contributed by atoms with E-state index < -0.39 is 17.7 Å². The second-order valence-corrected chi connectivity index (χ2v) is 15.4. The van der Waals surface area contributed by atoms with Crippen molar-refractivity contribution in [2.75, 3.05) is 50.0 Å². The van der Waals surface area contributed by atoms with Gasteiger partial charge in [-0.15, -0.1) is 11.3 Å². The molecule has 260 valence electrons. The number of rotatable bonds is 7. The average molecular weight is 706 g/mol. The van der Waals surface area contributed by atoms with Gasteiger partial charge in [0.25, 0.3) is 6.08 Å². The largest absolute Gasteiger partial charge is 0.463 e. The molecule has 50 heavy (non-hydrogen) atoms. The summed E-state index contributed by atoms with van der Waals surface area (Å²) in [6.07, 6.45) is 3.00. The Morgan fingerprint density at radius 2 is 1.82 bits per heavy atom. The minimum atomic E-state index is -1.56. The summed E-state index contributed by atoms with van der Waals surface area (Å²) in [4.78, 5) is 14.3. The van der Waals surface area contributed by atoms with Crippen LogP contribution >= 0.6 is 11.3 Å². The maximum absolute atomic E-state index is 17.4. The van der Waals surface area contributed by atoms with E-state index in [4.69, 9.17) is 25.2 Å². The Hall–Kier alpha value is -4.03. The number of aromatic nitrogens is 2. The second kappa shape index (κ2) is 12.0. The number of hydrogen-bond donors (Lipinski definition) is 2. The highest BCUT2D eigenvalue weighted by Crippen LogP contribution is 2.50. The van der Waals surface area contributed by atoms with Crippen LogP contribution in [0.5, 0.6) is 6.01 Å². The highest BCUT2D eigenvalue weighted by molar-refractivity contribution is 7.23. The number of fused-ring (bicyclic) bond motifs is 6. The summed E-state index contributed by atoms with van der Waals surface area (Å²) in [6.45, 7) is 4.14. The lowest BCUT2D eigenvalue weighted by Crippen LogP contribution is -2.52. The van der Waals surface area contributed by atoms with Crippen LogP contribution in [-0.2, 0) is 18.0 Å². The predicted octanol–water partition coefficient (Wildman–Crippen LogP) is 6.62. The zero-order chi connectivity index (χ0) is 34.3. The number of nitrogens with one attached hydrogen (secondary N) is 1. The maximum Gasteiger partial charge on any atom is 0.319 e. The monoisotopic (exact) mass is 705 g/mol. The van der Waals surface area contributed by atoms with Gasteiger partial charge < -0.3 is 30.3 Å². The molecule has 9 rings (SSSR count). The number of nitrogens with zero attached hydrogens (tertiary/aromatic N) is 5. The summed E-state index contributed by atoms with van der Waals surface area (Å²) in [7, 11) is 0. The number of ether oxygens (including phenoxy) is 2. The van der Waals surface area contributed by atoms with Crippen molar-refractivity contribution in [2.24, 2.45) is 5.41 Å². The van der Waals surface area contributed by atoms with Crippen LogP contribution in [0, 0.1) is 28.4 Å². The van der Waals surface area contributed by atoms with Gasteiger partial charge in [-0.3, -0.25) is 0 Å². The molecule has 9 nitrogen and oxygen atoms in total. The molecule has 2 aromatic heterocycles. The number of nitriles is 1. The molecule has 0 radical (unpaired) electrons. The summed E-state index contributed by atoms with van der Waals surface area (Å²) in [6, 6.07) is 5.30. The van der Waals surface area contributed by atoms with Gasteiger partial charge in [0.15, 0.2) is 5.82 Å².